The van der Waals surface area contributed by atoms with Crippen molar-refractivity contribution in [2.24, 2.45) is 0 Å². The molecule has 4 rings (SSSR count). The van der Waals surface area contributed by atoms with Crippen molar-refractivity contribution in [3.8, 4) is 0 Å². The van der Waals surface area contributed by atoms with E-state index in [4.69, 9.17) is 5.11 Å². The van der Waals surface area contributed by atoms with Crippen molar-refractivity contribution in [1.82, 2.24) is 14.5 Å². The van der Waals surface area contributed by atoms with E-state index in [0.717, 1.165) is 29.6 Å². The number of aryl methyl sites for hydroxylation is 1. The fourth-order valence-electron chi connectivity index (χ4n) is 2.61. The van der Waals surface area contributed by atoms with E-state index in [-0.39, 0.29) is 17.0 Å². The van der Waals surface area contributed by atoms with Crippen LogP contribution in [-0.2, 0) is 21.9 Å². The first-order valence-electron chi connectivity index (χ1n) is 6.43. The third-order valence-electron chi connectivity index (χ3n) is 3.64. The minimum Gasteiger partial charge on any atom is -0.477 e. The Bertz CT molecular complexity index is 699. The van der Waals surface area contributed by atoms with E-state index in [2.05, 4.69) is 9.55 Å². The highest BCUT2D eigenvalue weighted by Gasteiger charge is 2.49. The van der Waals surface area contributed by atoms with Gasteiger partial charge in [0.1, 0.15) is 16.9 Å². The summed E-state index contributed by atoms with van der Waals surface area (Å²) in [7, 11) is 0. The maximum Gasteiger partial charge on any atom is 0.353 e. The van der Waals surface area contributed by atoms with Crippen LogP contribution in [-0.4, -0.2) is 42.6 Å². The molecule has 0 radical (unpaired) electrons. The number of β-lactam (4-membered cyclic amide) rings is 1. The van der Waals surface area contributed by atoms with Crippen LogP contribution in [0.2, 0.25) is 0 Å². The van der Waals surface area contributed by atoms with Crippen molar-refractivity contribution in [2.75, 3.05) is 5.75 Å². The number of aromatic nitrogens is 2. The summed E-state index contributed by atoms with van der Waals surface area (Å²) >= 11 is 3.20. The van der Waals surface area contributed by atoms with Gasteiger partial charge >= 0.3 is 5.97 Å². The highest BCUT2D eigenvalue weighted by atomic mass is 32.2. The monoisotopic (exact) mass is 321 g/mol. The van der Waals surface area contributed by atoms with Crippen molar-refractivity contribution in [2.45, 2.75) is 17.7 Å². The molecule has 6 nitrogen and oxygen atoms in total. The second-order valence-electron chi connectivity index (χ2n) is 4.90. The van der Waals surface area contributed by atoms with E-state index in [1.165, 1.54) is 22.1 Å². The molecule has 1 atom stereocenters. The Morgan fingerprint density at radius 3 is 3.14 bits per heavy atom. The number of carboxylic acids is 1. The second kappa shape index (κ2) is 4.67. The summed E-state index contributed by atoms with van der Waals surface area (Å²) in [6.45, 7) is 0.944. The number of fused-ring (bicyclic) bond motifs is 2. The molecule has 21 heavy (non-hydrogen) atoms. The number of thioether (sulfide) groups is 2. The van der Waals surface area contributed by atoms with Crippen LogP contribution in [0.1, 0.15) is 11.5 Å². The van der Waals surface area contributed by atoms with E-state index in [1.54, 1.807) is 6.08 Å². The van der Waals surface area contributed by atoms with Gasteiger partial charge < -0.3 is 9.67 Å². The fraction of sp³-hybridized carbons (Fsp3) is 0.308. The summed E-state index contributed by atoms with van der Waals surface area (Å²) in [4.78, 5) is 29.0. The minimum atomic E-state index is -1.06. The molecule has 8 heteroatoms. The summed E-state index contributed by atoms with van der Waals surface area (Å²) in [5.41, 5.74) is 1.46. The molecule has 0 bridgehead atoms. The van der Waals surface area contributed by atoms with Gasteiger partial charge in [0.05, 0.1) is 17.0 Å². The van der Waals surface area contributed by atoms with E-state index < -0.39 is 5.97 Å². The molecular weight excluding hydrogens is 310 g/mol. The SMILES string of the molecule is O=C(O)C1=CSC2/C(=C\c3cn4c(n3)CSCC4)C(=O)N12. The quantitative estimate of drug-likeness (QED) is 0.655. The van der Waals surface area contributed by atoms with Crippen LogP contribution in [0.25, 0.3) is 6.08 Å². The Balaban J connectivity index is 1.60. The number of nitrogens with zero attached hydrogens (tertiary/aromatic N) is 3. The van der Waals surface area contributed by atoms with E-state index in [0.29, 0.717) is 5.57 Å². The zero-order valence-electron chi connectivity index (χ0n) is 10.9. The van der Waals surface area contributed by atoms with Gasteiger partial charge in [-0.1, -0.05) is 0 Å². The zero-order valence-corrected chi connectivity index (χ0v) is 12.5. The maximum absolute atomic E-state index is 12.1. The van der Waals surface area contributed by atoms with Crippen LogP contribution in [0.5, 0.6) is 0 Å². The molecule has 3 aliphatic heterocycles. The summed E-state index contributed by atoms with van der Waals surface area (Å²) in [5, 5.41) is 10.3. The van der Waals surface area contributed by atoms with Crippen molar-refractivity contribution < 1.29 is 14.7 Å². The molecule has 1 N–H and O–H groups in total. The normalized spacial score (nSPS) is 25.4. The summed E-state index contributed by atoms with van der Waals surface area (Å²) < 4.78 is 2.12. The Hall–Kier alpha value is -1.67. The molecule has 1 aromatic rings. The molecular formula is C13H11N3O3S2. The second-order valence-corrected chi connectivity index (χ2v) is 6.96. The van der Waals surface area contributed by atoms with Crippen LogP contribution in [0.15, 0.2) is 22.9 Å². The van der Waals surface area contributed by atoms with Crippen molar-refractivity contribution >= 4 is 41.5 Å². The van der Waals surface area contributed by atoms with Gasteiger partial charge in [-0.25, -0.2) is 9.78 Å². The summed E-state index contributed by atoms with van der Waals surface area (Å²) in [5.74, 6) is 1.71. The Labute approximate surface area is 128 Å². The zero-order chi connectivity index (χ0) is 14.6. The topological polar surface area (TPSA) is 75.4 Å². The van der Waals surface area contributed by atoms with Crippen LogP contribution in [0.3, 0.4) is 0 Å². The summed E-state index contributed by atoms with van der Waals surface area (Å²) in [6, 6.07) is 0. The lowest BCUT2D eigenvalue weighted by Gasteiger charge is -2.36. The minimum absolute atomic E-state index is 0.0627. The molecule has 4 heterocycles. The standard InChI is InChI=1S/C13H11N3O3S2/c17-11-8(12-16(11)9(5-21-12)13(18)19)3-7-4-15-1-2-20-6-10(15)14-7/h3-5,12H,1-2,6H2,(H,18,19)/b8-3-. The Kier molecular flexibility index (Phi) is 2.90. The molecule has 1 fully saturated rings. The first kappa shape index (κ1) is 13.0. The maximum atomic E-state index is 12.1. The first-order valence-corrected chi connectivity index (χ1v) is 8.53. The molecule has 1 saturated heterocycles. The number of aliphatic carboxylic acids is 1. The third-order valence-corrected chi connectivity index (χ3v) is 5.66. The lowest BCUT2D eigenvalue weighted by atomic mass is 10.0. The highest BCUT2D eigenvalue weighted by Crippen LogP contribution is 2.45. The van der Waals surface area contributed by atoms with Crippen molar-refractivity contribution in [1.29, 1.82) is 0 Å². The van der Waals surface area contributed by atoms with E-state index >= 15 is 0 Å². The Morgan fingerprint density at radius 2 is 2.38 bits per heavy atom. The molecule has 0 saturated carbocycles. The molecule has 0 spiro atoms. The molecule has 1 unspecified atom stereocenters. The number of carbonyl (C=O) groups excluding carboxylic acids is 1. The van der Waals surface area contributed by atoms with Gasteiger partial charge in [-0.15, -0.1) is 11.8 Å². The van der Waals surface area contributed by atoms with Gasteiger partial charge in [-0.05, 0) is 6.08 Å². The average molecular weight is 321 g/mol. The molecule has 0 aliphatic carbocycles. The van der Waals surface area contributed by atoms with Gasteiger partial charge in [-0.2, -0.15) is 11.8 Å². The molecule has 108 valence electrons. The smallest absolute Gasteiger partial charge is 0.353 e. The van der Waals surface area contributed by atoms with E-state index in [9.17, 15) is 9.59 Å². The number of carboxylic acid groups (broad SMARTS) is 1. The van der Waals surface area contributed by atoms with Crippen LogP contribution >= 0.6 is 23.5 Å². The van der Waals surface area contributed by atoms with Gasteiger partial charge in [0.25, 0.3) is 5.91 Å². The summed E-state index contributed by atoms with van der Waals surface area (Å²) in [6.07, 6.45) is 3.74. The molecule has 0 aromatic carbocycles. The lowest BCUT2D eigenvalue weighted by Crippen LogP contribution is -2.51. The van der Waals surface area contributed by atoms with Crippen LogP contribution in [0, 0.1) is 0 Å². The predicted molar refractivity (Wildman–Crippen MR) is 80.3 cm³/mol. The Morgan fingerprint density at radius 1 is 1.52 bits per heavy atom. The number of rotatable bonds is 2. The lowest BCUT2D eigenvalue weighted by molar-refractivity contribution is -0.141. The highest BCUT2D eigenvalue weighted by molar-refractivity contribution is 8.03. The average Bonchev–Trinajstić information content (AvgIpc) is 3.05. The molecule has 3 aliphatic rings. The number of hydrogen-bond donors (Lipinski definition) is 1. The van der Waals surface area contributed by atoms with Crippen LogP contribution < -0.4 is 0 Å². The van der Waals surface area contributed by atoms with Gasteiger partial charge in [-0.3, -0.25) is 9.69 Å². The first-order chi connectivity index (χ1) is 10.1. The van der Waals surface area contributed by atoms with E-state index in [1.807, 2.05) is 18.0 Å². The number of hydrogen-bond acceptors (Lipinski definition) is 5. The number of carbonyl (C=O) groups is 2. The molecule has 1 amide bonds. The number of amides is 1. The van der Waals surface area contributed by atoms with Crippen LogP contribution in [0.4, 0.5) is 0 Å². The number of imidazole rings is 1. The third kappa shape index (κ3) is 1.93. The molecule has 1 aromatic heterocycles. The van der Waals surface area contributed by atoms with Crippen molar-refractivity contribution in [3.63, 3.8) is 0 Å². The fourth-order valence-corrected chi connectivity index (χ4v) is 4.61. The predicted octanol–water partition coefficient (Wildman–Crippen LogP) is 1.35. The van der Waals surface area contributed by atoms with Gasteiger partial charge in [0, 0.05) is 23.9 Å². The van der Waals surface area contributed by atoms with Gasteiger partial charge in [0.2, 0.25) is 0 Å². The largest absolute Gasteiger partial charge is 0.477 e. The van der Waals surface area contributed by atoms with Crippen molar-refractivity contribution in [3.05, 3.63) is 34.4 Å². The van der Waals surface area contributed by atoms with Gasteiger partial charge in [0.15, 0.2) is 0 Å².